The van der Waals surface area contributed by atoms with Gasteiger partial charge >= 0.3 is 5.97 Å². The molecule has 0 atom stereocenters. The average molecular weight is 200 g/mol. The summed E-state index contributed by atoms with van der Waals surface area (Å²) in [6, 6.07) is 9.60. The second kappa shape index (κ2) is 5.66. The van der Waals surface area contributed by atoms with Crippen molar-refractivity contribution in [2.24, 2.45) is 0 Å². The van der Waals surface area contributed by atoms with Crippen molar-refractivity contribution in [3.8, 4) is 11.8 Å². The molecule has 0 bridgehead atoms. The number of carbonyl (C=O) groups excluding carboxylic acids is 1. The molecule has 0 saturated heterocycles. The Hall–Kier alpha value is -2.01. The van der Waals surface area contributed by atoms with Crippen molar-refractivity contribution in [3.63, 3.8) is 0 Å². The van der Waals surface area contributed by atoms with Gasteiger partial charge in [-0.05, 0) is 19.1 Å². The Morgan fingerprint density at radius 3 is 2.60 bits per heavy atom. The average Bonchev–Trinajstić information content (AvgIpc) is 2.27. The summed E-state index contributed by atoms with van der Waals surface area (Å²) >= 11 is 0. The van der Waals surface area contributed by atoms with E-state index in [4.69, 9.17) is 0 Å². The molecule has 1 rings (SSSR count). The summed E-state index contributed by atoms with van der Waals surface area (Å²) in [5, 5.41) is 0. The van der Waals surface area contributed by atoms with Crippen molar-refractivity contribution < 1.29 is 9.53 Å². The Bertz CT molecular complexity index is 419. The molecule has 0 amide bonds. The molecule has 0 spiro atoms. The Kier molecular flexibility index (Phi) is 4.18. The number of hydrogen-bond acceptors (Lipinski definition) is 2. The fourth-order valence-electron chi connectivity index (χ4n) is 0.964. The minimum atomic E-state index is -0.380. The molecule has 0 N–H and O–H groups in total. The Morgan fingerprint density at radius 2 is 2.00 bits per heavy atom. The van der Waals surface area contributed by atoms with Gasteiger partial charge in [0.1, 0.15) is 0 Å². The van der Waals surface area contributed by atoms with E-state index < -0.39 is 0 Å². The predicted octanol–water partition coefficient (Wildman–Crippen LogP) is 2.16. The lowest BCUT2D eigenvalue weighted by Crippen LogP contribution is -1.94. The second-order valence-corrected chi connectivity index (χ2v) is 2.97. The number of ether oxygens (including phenoxy) is 1. The van der Waals surface area contributed by atoms with E-state index in [0.717, 1.165) is 5.56 Å². The van der Waals surface area contributed by atoms with Gasteiger partial charge in [0.25, 0.3) is 0 Å². The monoisotopic (exact) mass is 200 g/mol. The van der Waals surface area contributed by atoms with E-state index in [-0.39, 0.29) is 5.97 Å². The lowest BCUT2D eigenvalue weighted by Gasteiger charge is -1.90. The first-order chi connectivity index (χ1) is 7.22. The molecule has 1 aromatic carbocycles. The number of rotatable bonds is 1. The van der Waals surface area contributed by atoms with E-state index in [2.05, 4.69) is 16.6 Å². The number of methoxy groups -OCH3 is 1. The van der Waals surface area contributed by atoms with Crippen LogP contribution in [-0.2, 0) is 9.53 Å². The van der Waals surface area contributed by atoms with E-state index in [1.54, 1.807) is 6.92 Å². The number of esters is 1. The van der Waals surface area contributed by atoms with Crippen molar-refractivity contribution in [2.45, 2.75) is 6.92 Å². The minimum Gasteiger partial charge on any atom is -0.466 e. The van der Waals surface area contributed by atoms with Crippen LogP contribution in [-0.4, -0.2) is 13.1 Å². The van der Waals surface area contributed by atoms with Gasteiger partial charge in [0.15, 0.2) is 0 Å². The lowest BCUT2D eigenvalue weighted by molar-refractivity contribution is -0.134. The van der Waals surface area contributed by atoms with E-state index in [1.807, 2.05) is 30.3 Å². The van der Waals surface area contributed by atoms with E-state index >= 15 is 0 Å². The largest absolute Gasteiger partial charge is 0.466 e. The fourth-order valence-corrected chi connectivity index (χ4v) is 0.964. The molecule has 1 aromatic rings. The van der Waals surface area contributed by atoms with Crippen molar-refractivity contribution in [2.75, 3.05) is 7.11 Å². The molecule has 0 aliphatic carbocycles. The normalized spacial score (nSPS) is 10.1. The summed E-state index contributed by atoms with van der Waals surface area (Å²) in [4.78, 5) is 10.9. The van der Waals surface area contributed by atoms with E-state index in [9.17, 15) is 4.79 Å². The number of allylic oxidation sites excluding steroid dienone is 1. The van der Waals surface area contributed by atoms with Crippen LogP contribution in [0.25, 0.3) is 0 Å². The first kappa shape index (κ1) is 11.1. The van der Waals surface area contributed by atoms with Gasteiger partial charge in [-0.2, -0.15) is 0 Å². The zero-order valence-corrected chi connectivity index (χ0v) is 8.78. The van der Waals surface area contributed by atoms with Crippen LogP contribution < -0.4 is 0 Å². The zero-order chi connectivity index (χ0) is 11.1. The highest BCUT2D eigenvalue weighted by Gasteiger charge is 1.92. The Morgan fingerprint density at radius 1 is 1.33 bits per heavy atom. The van der Waals surface area contributed by atoms with Crippen LogP contribution in [0, 0.1) is 11.8 Å². The van der Waals surface area contributed by atoms with Crippen molar-refractivity contribution >= 4 is 5.97 Å². The number of carbonyl (C=O) groups is 1. The van der Waals surface area contributed by atoms with Gasteiger partial charge in [-0.15, -0.1) is 0 Å². The SMILES string of the molecule is COC(=O)C=C(C)C#Cc1ccccc1. The summed E-state index contributed by atoms with van der Waals surface area (Å²) < 4.78 is 4.49. The summed E-state index contributed by atoms with van der Waals surface area (Å²) in [5.74, 6) is 5.44. The molecule has 0 aliphatic rings. The highest BCUT2D eigenvalue weighted by Crippen LogP contribution is 1.97. The third-order valence-electron chi connectivity index (χ3n) is 1.71. The summed E-state index contributed by atoms with van der Waals surface area (Å²) in [5.41, 5.74) is 1.61. The quantitative estimate of drug-likeness (QED) is 0.394. The van der Waals surface area contributed by atoms with Gasteiger partial charge in [-0.25, -0.2) is 4.79 Å². The molecular formula is C13H12O2. The first-order valence-electron chi connectivity index (χ1n) is 4.55. The molecule has 0 saturated carbocycles. The topological polar surface area (TPSA) is 26.3 Å². The van der Waals surface area contributed by atoms with Crippen LogP contribution in [0.1, 0.15) is 12.5 Å². The molecule has 0 unspecified atom stereocenters. The van der Waals surface area contributed by atoms with Crippen LogP contribution >= 0.6 is 0 Å². The van der Waals surface area contributed by atoms with Crippen LogP contribution in [0.3, 0.4) is 0 Å². The summed E-state index contributed by atoms with van der Waals surface area (Å²) in [6.07, 6.45) is 1.37. The van der Waals surface area contributed by atoms with Crippen LogP contribution in [0.5, 0.6) is 0 Å². The predicted molar refractivity (Wildman–Crippen MR) is 59.1 cm³/mol. The van der Waals surface area contributed by atoms with Crippen molar-refractivity contribution in [1.82, 2.24) is 0 Å². The maximum Gasteiger partial charge on any atom is 0.331 e. The third-order valence-corrected chi connectivity index (χ3v) is 1.71. The second-order valence-electron chi connectivity index (χ2n) is 2.97. The molecule has 0 aromatic heterocycles. The maximum absolute atomic E-state index is 10.9. The number of benzene rings is 1. The van der Waals surface area contributed by atoms with Crippen molar-refractivity contribution in [3.05, 3.63) is 47.5 Å². The summed E-state index contributed by atoms with van der Waals surface area (Å²) in [6.45, 7) is 1.77. The standard InChI is InChI=1S/C13H12O2/c1-11(10-13(14)15-2)8-9-12-6-4-3-5-7-12/h3-7,10H,1-2H3. The summed E-state index contributed by atoms with van der Waals surface area (Å²) in [7, 11) is 1.34. The Labute approximate surface area is 89.6 Å². The molecule has 76 valence electrons. The maximum atomic E-state index is 10.9. The van der Waals surface area contributed by atoms with Gasteiger partial charge in [-0.1, -0.05) is 30.0 Å². The van der Waals surface area contributed by atoms with Crippen LogP contribution in [0.4, 0.5) is 0 Å². The van der Waals surface area contributed by atoms with E-state index in [1.165, 1.54) is 13.2 Å². The molecule has 15 heavy (non-hydrogen) atoms. The van der Waals surface area contributed by atoms with Crippen LogP contribution in [0.2, 0.25) is 0 Å². The smallest absolute Gasteiger partial charge is 0.331 e. The molecule has 2 nitrogen and oxygen atoms in total. The van der Waals surface area contributed by atoms with Gasteiger partial charge in [0, 0.05) is 17.2 Å². The van der Waals surface area contributed by atoms with Gasteiger partial charge in [0.05, 0.1) is 7.11 Å². The van der Waals surface area contributed by atoms with Crippen LogP contribution in [0.15, 0.2) is 42.0 Å². The first-order valence-corrected chi connectivity index (χ1v) is 4.55. The van der Waals surface area contributed by atoms with Gasteiger partial charge in [0.2, 0.25) is 0 Å². The van der Waals surface area contributed by atoms with Gasteiger partial charge in [-0.3, -0.25) is 0 Å². The molecule has 0 aliphatic heterocycles. The molecule has 0 heterocycles. The minimum absolute atomic E-state index is 0.380. The van der Waals surface area contributed by atoms with E-state index in [0.29, 0.717) is 5.57 Å². The Balaban J connectivity index is 2.74. The number of hydrogen-bond donors (Lipinski definition) is 0. The molecular weight excluding hydrogens is 188 g/mol. The highest BCUT2D eigenvalue weighted by molar-refractivity contribution is 5.83. The highest BCUT2D eigenvalue weighted by atomic mass is 16.5. The fraction of sp³-hybridized carbons (Fsp3) is 0.154. The lowest BCUT2D eigenvalue weighted by atomic mass is 10.2. The molecule has 0 fully saturated rings. The zero-order valence-electron chi connectivity index (χ0n) is 8.78. The molecule has 0 radical (unpaired) electrons. The third kappa shape index (κ3) is 4.15. The van der Waals surface area contributed by atoms with Crippen molar-refractivity contribution in [1.29, 1.82) is 0 Å². The van der Waals surface area contributed by atoms with Gasteiger partial charge < -0.3 is 4.74 Å². The molecule has 2 heteroatoms.